The predicted octanol–water partition coefficient (Wildman–Crippen LogP) is -0.766. The number of hydrogen-bond acceptors (Lipinski definition) is 15. The molecule has 17 nitrogen and oxygen atoms in total. The minimum absolute atomic E-state index is 0.0553. The molecule has 256 valence electrons. The van der Waals surface area contributed by atoms with E-state index in [-0.39, 0.29) is 45.7 Å². The van der Waals surface area contributed by atoms with Crippen molar-refractivity contribution in [2.45, 2.75) is 19.3 Å². The second kappa shape index (κ2) is 29.4. The molecule has 0 bridgehead atoms. The standard InChI is InChI=1S/C27H47NO16/c29-24-1-2-25(30)28(24)44-27(33)3-4-34-5-6-35-7-8-36-9-10-37-11-12-38-13-14-39-15-16-40-17-18-41-19-20-42-21-22-43-23-26(31)32/h1-23H2,(H,31,32). The van der Waals surface area contributed by atoms with Crippen LogP contribution in [0.4, 0.5) is 0 Å². The topological polar surface area (TPSA) is 193 Å². The third-order valence-corrected chi connectivity index (χ3v) is 5.22. The molecule has 0 aromatic rings. The molecular weight excluding hydrogens is 594 g/mol. The van der Waals surface area contributed by atoms with Crippen LogP contribution in [0.25, 0.3) is 0 Å². The summed E-state index contributed by atoms with van der Waals surface area (Å²) < 4.78 is 53.1. The molecule has 0 unspecified atom stereocenters. The molecule has 0 saturated carbocycles. The highest BCUT2D eigenvalue weighted by molar-refractivity contribution is 6.01. The van der Waals surface area contributed by atoms with Gasteiger partial charge in [0.1, 0.15) is 6.61 Å². The molecule has 1 saturated heterocycles. The first-order valence-electron chi connectivity index (χ1n) is 14.6. The summed E-state index contributed by atoms with van der Waals surface area (Å²) >= 11 is 0. The maximum absolute atomic E-state index is 11.6. The number of imide groups is 1. The van der Waals surface area contributed by atoms with Gasteiger partial charge in [0.2, 0.25) is 0 Å². The molecule has 0 aliphatic carbocycles. The van der Waals surface area contributed by atoms with E-state index in [1.165, 1.54) is 0 Å². The largest absolute Gasteiger partial charge is 0.480 e. The van der Waals surface area contributed by atoms with Crippen LogP contribution in [0.5, 0.6) is 0 Å². The molecule has 1 N–H and O–H groups in total. The highest BCUT2D eigenvalue weighted by atomic mass is 16.7. The van der Waals surface area contributed by atoms with Gasteiger partial charge in [0.15, 0.2) is 0 Å². The Labute approximate surface area is 257 Å². The van der Waals surface area contributed by atoms with Gasteiger partial charge in [-0.1, -0.05) is 0 Å². The fourth-order valence-corrected chi connectivity index (χ4v) is 3.10. The Bertz CT molecular complexity index is 739. The lowest BCUT2D eigenvalue weighted by atomic mass is 10.4. The van der Waals surface area contributed by atoms with E-state index in [1.54, 1.807) is 0 Å². The van der Waals surface area contributed by atoms with Gasteiger partial charge >= 0.3 is 11.9 Å². The summed E-state index contributed by atoms with van der Waals surface area (Å²) in [6.45, 7) is 7.00. The second-order valence-electron chi connectivity index (χ2n) is 8.75. The fraction of sp³-hybridized carbons (Fsp3) is 0.852. The molecule has 0 atom stereocenters. The first-order chi connectivity index (χ1) is 21.5. The molecule has 0 radical (unpaired) electrons. The Morgan fingerprint density at radius 1 is 0.477 bits per heavy atom. The highest BCUT2D eigenvalue weighted by Crippen LogP contribution is 2.12. The number of ether oxygens (including phenoxy) is 10. The Morgan fingerprint density at radius 2 is 0.750 bits per heavy atom. The molecule has 44 heavy (non-hydrogen) atoms. The van der Waals surface area contributed by atoms with Gasteiger partial charge in [0.05, 0.1) is 132 Å². The minimum atomic E-state index is -1.01. The van der Waals surface area contributed by atoms with Crippen molar-refractivity contribution in [1.29, 1.82) is 0 Å². The Kier molecular flexibility index (Phi) is 26.5. The van der Waals surface area contributed by atoms with Crippen LogP contribution in [0.1, 0.15) is 19.3 Å². The smallest absolute Gasteiger partial charge is 0.335 e. The van der Waals surface area contributed by atoms with Crippen molar-refractivity contribution in [3.63, 3.8) is 0 Å². The molecule has 17 heteroatoms. The summed E-state index contributed by atoms with van der Waals surface area (Å²) in [5, 5.41) is 8.92. The van der Waals surface area contributed by atoms with Crippen molar-refractivity contribution in [3.05, 3.63) is 0 Å². The number of hydrogen-bond donors (Lipinski definition) is 1. The lowest BCUT2D eigenvalue weighted by Crippen LogP contribution is -2.32. The van der Waals surface area contributed by atoms with Gasteiger partial charge in [-0.05, 0) is 0 Å². The van der Waals surface area contributed by atoms with E-state index in [0.717, 1.165) is 0 Å². The Balaban J connectivity index is 1.66. The van der Waals surface area contributed by atoms with Crippen LogP contribution >= 0.6 is 0 Å². The number of carbonyl (C=O) groups excluding carboxylic acids is 3. The number of amides is 2. The SMILES string of the molecule is O=C(O)COCCOCCOCCOCCOCCOCCOCCOCCOCCOCCC(=O)ON1C(=O)CCC1=O. The minimum Gasteiger partial charge on any atom is -0.480 e. The third kappa shape index (κ3) is 25.1. The molecule has 0 aromatic carbocycles. The van der Waals surface area contributed by atoms with Crippen LogP contribution in [-0.2, 0) is 71.4 Å². The van der Waals surface area contributed by atoms with Crippen molar-refractivity contribution in [3.8, 4) is 0 Å². The maximum Gasteiger partial charge on any atom is 0.335 e. The summed E-state index contributed by atoms with van der Waals surface area (Å²) in [4.78, 5) is 49.4. The molecule has 1 aliphatic rings. The average Bonchev–Trinajstić information content (AvgIpc) is 3.31. The van der Waals surface area contributed by atoms with Gasteiger partial charge in [0, 0.05) is 12.8 Å². The van der Waals surface area contributed by atoms with E-state index < -0.39 is 23.8 Å². The highest BCUT2D eigenvalue weighted by Gasteiger charge is 2.32. The quantitative estimate of drug-likeness (QED) is 0.0693. The van der Waals surface area contributed by atoms with E-state index >= 15 is 0 Å². The maximum atomic E-state index is 11.6. The van der Waals surface area contributed by atoms with Gasteiger partial charge in [-0.2, -0.15) is 0 Å². The molecule has 0 aromatic heterocycles. The first kappa shape index (κ1) is 39.7. The Hall–Kier alpha value is -2.32. The zero-order chi connectivity index (χ0) is 31.9. The van der Waals surface area contributed by atoms with E-state index in [1.807, 2.05) is 0 Å². The van der Waals surface area contributed by atoms with Gasteiger partial charge < -0.3 is 57.3 Å². The second-order valence-corrected chi connectivity index (χ2v) is 8.75. The number of carbonyl (C=O) groups is 4. The summed E-state index contributed by atoms with van der Waals surface area (Å²) in [5.74, 6) is -2.74. The number of carboxylic acid groups (broad SMARTS) is 1. The molecule has 1 fully saturated rings. The summed E-state index contributed by atoms with van der Waals surface area (Å²) in [7, 11) is 0. The lowest BCUT2D eigenvalue weighted by molar-refractivity contribution is -0.198. The molecule has 0 spiro atoms. The number of carboxylic acids is 1. The van der Waals surface area contributed by atoms with Crippen molar-refractivity contribution in [2.75, 3.05) is 132 Å². The molecule has 1 heterocycles. The predicted molar refractivity (Wildman–Crippen MR) is 148 cm³/mol. The van der Waals surface area contributed by atoms with Gasteiger partial charge in [-0.3, -0.25) is 9.59 Å². The summed E-state index contributed by atoms with van der Waals surface area (Å²) in [6.07, 6.45) is 0.0317. The first-order valence-corrected chi connectivity index (χ1v) is 14.6. The molecule has 2 amide bonds. The molecule has 1 rings (SSSR count). The number of hydroxylamine groups is 2. The van der Waals surface area contributed by atoms with Gasteiger partial charge in [0.25, 0.3) is 11.8 Å². The summed E-state index contributed by atoms with van der Waals surface area (Å²) in [6, 6.07) is 0. The van der Waals surface area contributed by atoms with Crippen LogP contribution < -0.4 is 0 Å². The molecule has 1 aliphatic heterocycles. The van der Waals surface area contributed by atoms with Gasteiger partial charge in [-0.25, -0.2) is 9.59 Å². The average molecular weight is 642 g/mol. The monoisotopic (exact) mass is 641 g/mol. The Morgan fingerprint density at radius 3 is 1.05 bits per heavy atom. The lowest BCUT2D eigenvalue weighted by Gasteiger charge is -2.12. The fourth-order valence-electron chi connectivity index (χ4n) is 3.10. The normalized spacial score (nSPS) is 13.2. The van der Waals surface area contributed by atoms with Gasteiger partial charge in [-0.15, -0.1) is 5.06 Å². The number of nitrogens with zero attached hydrogens (tertiary/aromatic N) is 1. The zero-order valence-corrected chi connectivity index (χ0v) is 25.3. The number of rotatable bonds is 33. The third-order valence-electron chi connectivity index (χ3n) is 5.22. The van der Waals surface area contributed by atoms with Crippen LogP contribution in [0.2, 0.25) is 0 Å². The zero-order valence-electron chi connectivity index (χ0n) is 25.3. The van der Waals surface area contributed by atoms with Crippen molar-refractivity contribution in [2.24, 2.45) is 0 Å². The van der Waals surface area contributed by atoms with Crippen molar-refractivity contribution < 1.29 is 76.5 Å². The van der Waals surface area contributed by atoms with Crippen LogP contribution in [0, 0.1) is 0 Å². The number of aliphatic carboxylic acids is 1. The van der Waals surface area contributed by atoms with Crippen LogP contribution in [-0.4, -0.2) is 166 Å². The van der Waals surface area contributed by atoms with Crippen LogP contribution in [0.15, 0.2) is 0 Å². The van der Waals surface area contributed by atoms with Crippen LogP contribution in [0.3, 0.4) is 0 Å². The molecular formula is C27H47NO16. The van der Waals surface area contributed by atoms with E-state index in [9.17, 15) is 19.2 Å². The van der Waals surface area contributed by atoms with E-state index in [0.29, 0.717) is 111 Å². The van der Waals surface area contributed by atoms with Crippen molar-refractivity contribution >= 4 is 23.8 Å². The summed E-state index contributed by atoms with van der Waals surface area (Å²) in [5.41, 5.74) is 0. The van der Waals surface area contributed by atoms with E-state index in [2.05, 4.69) is 0 Å². The van der Waals surface area contributed by atoms with E-state index in [4.69, 9.17) is 57.3 Å². The van der Waals surface area contributed by atoms with Crippen molar-refractivity contribution in [1.82, 2.24) is 5.06 Å².